The number of carbonyl (C=O) groups is 3. The lowest BCUT2D eigenvalue weighted by Gasteiger charge is -2.35. The van der Waals surface area contributed by atoms with Gasteiger partial charge in [-0.3, -0.25) is 14.4 Å². The zero-order chi connectivity index (χ0) is 18.9. The first kappa shape index (κ1) is 20.6. The summed E-state index contributed by atoms with van der Waals surface area (Å²) in [5.41, 5.74) is 0. The average molecular weight is 369 g/mol. The molecule has 2 rings (SSSR count). The van der Waals surface area contributed by atoms with Crippen molar-refractivity contribution in [3.8, 4) is 0 Å². The Morgan fingerprint density at radius 2 is 2.04 bits per heavy atom. The lowest BCUT2D eigenvalue weighted by molar-refractivity contribution is -0.152. The predicted octanol–water partition coefficient (Wildman–Crippen LogP) is 0.0151. The normalized spacial score (nSPS) is 23.8. The molecule has 0 aliphatic carbocycles. The maximum absolute atomic E-state index is 12.6. The van der Waals surface area contributed by atoms with Gasteiger partial charge in [0.15, 0.2) is 0 Å². The van der Waals surface area contributed by atoms with Crippen molar-refractivity contribution in [3.63, 3.8) is 0 Å². The fourth-order valence-corrected chi connectivity index (χ4v) is 3.45. The molecule has 0 aromatic heterocycles. The highest BCUT2D eigenvalue weighted by atomic mass is 16.5. The summed E-state index contributed by atoms with van der Waals surface area (Å²) < 4.78 is 10.4. The first-order chi connectivity index (χ1) is 12.6. The van der Waals surface area contributed by atoms with E-state index in [1.165, 1.54) is 0 Å². The van der Waals surface area contributed by atoms with Gasteiger partial charge in [-0.15, -0.1) is 0 Å². The number of amides is 2. The standard InChI is InChI=1S/C18H31N3O5/c1-3-25-11-10-20-9-7-19-15(17(20)23)12-16(22)21-8-5-6-14(13-21)18(24)26-4-2/h14-15,19H,3-13H2,1-2H3. The minimum absolute atomic E-state index is 0.0525. The van der Waals surface area contributed by atoms with Gasteiger partial charge in [0.1, 0.15) is 0 Å². The number of ether oxygens (including phenoxy) is 2. The van der Waals surface area contributed by atoms with E-state index in [-0.39, 0.29) is 30.1 Å². The van der Waals surface area contributed by atoms with Crippen LogP contribution in [-0.4, -0.2) is 86.2 Å². The Labute approximate surface area is 155 Å². The zero-order valence-corrected chi connectivity index (χ0v) is 15.9. The summed E-state index contributed by atoms with van der Waals surface area (Å²) >= 11 is 0. The van der Waals surface area contributed by atoms with Crippen LogP contribution in [0.25, 0.3) is 0 Å². The van der Waals surface area contributed by atoms with Crippen molar-refractivity contribution in [1.29, 1.82) is 0 Å². The second kappa shape index (κ2) is 10.5. The number of rotatable bonds is 8. The van der Waals surface area contributed by atoms with Gasteiger partial charge in [-0.05, 0) is 26.7 Å². The van der Waals surface area contributed by atoms with Gasteiger partial charge >= 0.3 is 5.97 Å². The van der Waals surface area contributed by atoms with Crippen molar-refractivity contribution in [3.05, 3.63) is 0 Å². The van der Waals surface area contributed by atoms with Gasteiger partial charge in [0, 0.05) is 39.3 Å². The van der Waals surface area contributed by atoms with E-state index in [1.807, 2.05) is 6.92 Å². The van der Waals surface area contributed by atoms with E-state index in [0.29, 0.717) is 52.5 Å². The third-order valence-electron chi connectivity index (χ3n) is 4.86. The maximum atomic E-state index is 12.6. The van der Waals surface area contributed by atoms with Crippen LogP contribution in [0.4, 0.5) is 0 Å². The van der Waals surface area contributed by atoms with Crippen molar-refractivity contribution in [2.45, 2.75) is 39.2 Å². The van der Waals surface area contributed by atoms with E-state index in [0.717, 1.165) is 12.8 Å². The molecule has 2 fully saturated rings. The molecule has 148 valence electrons. The molecule has 8 heteroatoms. The molecular weight excluding hydrogens is 338 g/mol. The number of carbonyl (C=O) groups excluding carboxylic acids is 3. The molecule has 8 nitrogen and oxygen atoms in total. The van der Waals surface area contributed by atoms with Crippen LogP contribution in [0.5, 0.6) is 0 Å². The van der Waals surface area contributed by atoms with E-state index >= 15 is 0 Å². The lowest BCUT2D eigenvalue weighted by Crippen LogP contribution is -2.57. The quantitative estimate of drug-likeness (QED) is 0.479. The van der Waals surface area contributed by atoms with Crippen molar-refractivity contribution >= 4 is 17.8 Å². The van der Waals surface area contributed by atoms with Crippen LogP contribution in [0, 0.1) is 5.92 Å². The predicted molar refractivity (Wildman–Crippen MR) is 95.4 cm³/mol. The average Bonchev–Trinajstić information content (AvgIpc) is 2.65. The van der Waals surface area contributed by atoms with E-state index in [4.69, 9.17) is 9.47 Å². The largest absolute Gasteiger partial charge is 0.466 e. The number of hydrogen-bond acceptors (Lipinski definition) is 6. The molecule has 26 heavy (non-hydrogen) atoms. The highest BCUT2D eigenvalue weighted by Gasteiger charge is 2.34. The van der Waals surface area contributed by atoms with Gasteiger partial charge < -0.3 is 24.6 Å². The van der Waals surface area contributed by atoms with Crippen LogP contribution in [0.3, 0.4) is 0 Å². The number of hydrogen-bond donors (Lipinski definition) is 1. The molecular formula is C18H31N3O5. The van der Waals surface area contributed by atoms with Crippen molar-refractivity contribution < 1.29 is 23.9 Å². The fourth-order valence-electron chi connectivity index (χ4n) is 3.45. The molecule has 2 heterocycles. The number of piperidine rings is 1. The van der Waals surface area contributed by atoms with Crippen molar-refractivity contribution in [1.82, 2.24) is 15.1 Å². The van der Waals surface area contributed by atoms with Crippen LogP contribution in [0.1, 0.15) is 33.1 Å². The van der Waals surface area contributed by atoms with Gasteiger partial charge in [0.25, 0.3) is 0 Å². The van der Waals surface area contributed by atoms with Gasteiger partial charge in [-0.2, -0.15) is 0 Å². The van der Waals surface area contributed by atoms with E-state index in [9.17, 15) is 14.4 Å². The Hall–Kier alpha value is -1.67. The molecule has 2 saturated heterocycles. The first-order valence-corrected chi connectivity index (χ1v) is 9.61. The number of piperazine rings is 1. The Morgan fingerprint density at radius 3 is 2.77 bits per heavy atom. The molecule has 0 radical (unpaired) electrons. The highest BCUT2D eigenvalue weighted by Crippen LogP contribution is 2.19. The topological polar surface area (TPSA) is 88.2 Å². The minimum Gasteiger partial charge on any atom is -0.466 e. The summed E-state index contributed by atoms with van der Waals surface area (Å²) in [6.45, 7) is 8.04. The highest BCUT2D eigenvalue weighted by molar-refractivity contribution is 5.89. The van der Waals surface area contributed by atoms with Gasteiger partial charge in [-0.25, -0.2) is 0 Å². The molecule has 0 aromatic carbocycles. The lowest BCUT2D eigenvalue weighted by atomic mass is 9.97. The molecule has 2 amide bonds. The minimum atomic E-state index is -0.499. The van der Waals surface area contributed by atoms with E-state index in [2.05, 4.69) is 5.32 Å². The Kier molecular flexibility index (Phi) is 8.31. The summed E-state index contributed by atoms with van der Waals surface area (Å²) in [7, 11) is 0. The summed E-state index contributed by atoms with van der Waals surface area (Å²) in [4.78, 5) is 40.6. The number of likely N-dealkylation sites (tertiary alicyclic amines) is 1. The third-order valence-corrected chi connectivity index (χ3v) is 4.86. The van der Waals surface area contributed by atoms with Crippen LogP contribution in [0.15, 0.2) is 0 Å². The van der Waals surface area contributed by atoms with E-state index in [1.54, 1.807) is 16.7 Å². The summed E-state index contributed by atoms with van der Waals surface area (Å²) in [6, 6.07) is -0.499. The number of nitrogens with zero attached hydrogens (tertiary/aromatic N) is 2. The zero-order valence-electron chi connectivity index (χ0n) is 15.9. The van der Waals surface area contributed by atoms with Gasteiger partial charge in [0.05, 0.1) is 31.6 Å². The Balaban J connectivity index is 1.85. The summed E-state index contributed by atoms with van der Waals surface area (Å²) in [6.07, 6.45) is 1.65. The molecule has 0 saturated carbocycles. The number of nitrogens with one attached hydrogen (secondary N) is 1. The van der Waals surface area contributed by atoms with Gasteiger partial charge in [-0.1, -0.05) is 0 Å². The van der Waals surface area contributed by atoms with Crippen LogP contribution >= 0.6 is 0 Å². The second-order valence-electron chi connectivity index (χ2n) is 6.66. The van der Waals surface area contributed by atoms with Crippen LogP contribution in [-0.2, 0) is 23.9 Å². The summed E-state index contributed by atoms with van der Waals surface area (Å²) in [5, 5.41) is 3.14. The molecule has 0 bridgehead atoms. The third kappa shape index (κ3) is 5.67. The molecule has 2 unspecified atom stereocenters. The maximum Gasteiger partial charge on any atom is 0.310 e. The molecule has 2 aliphatic rings. The van der Waals surface area contributed by atoms with E-state index < -0.39 is 6.04 Å². The molecule has 2 atom stereocenters. The molecule has 1 N–H and O–H groups in total. The van der Waals surface area contributed by atoms with Crippen LogP contribution < -0.4 is 5.32 Å². The molecule has 0 aromatic rings. The van der Waals surface area contributed by atoms with Gasteiger partial charge in [0.2, 0.25) is 11.8 Å². The Morgan fingerprint density at radius 1 is 1.23 bits per heavy atom. The summed E-state index contributed by atoms with van der Waals surface area (Å²) in [5.74, 6) is -0.635. The SMILES string of the molecule is CCOCCN1CCNC(CC(=O)N2CCCC(C(=O)OCC)C2)C1=O. The monoisotopic (exact) mass is 369 g/mol. The molecule has 0 spiro atoms. The van der Waals surface area contributed by atoms with Crippen molar-refractivity contribution in [2.24, 2.45) is 5.92 Å². The second-order valence-corrected chi connectivity index (χ2v) is 6.66. The first-order valence-electron chi connectivity index (χ1n) is 9.61. The smallest absolute Gasteiger partial charge is 0.310 e. The Bertz CT molecular complexity index is 499. The number of esters is 1. The van der Waals surface area contributed by atoms with Crippen molar-refractivity contribution in [2.75, 3.05) is 52.5 Å². The molecule has 2 aliphatic heterocycles. The van der Waals surface area contributed by atoms with Crippen LogP contribution in [0.2, 0.25) is 0 Å². The fraction of sp³-hybridized carbons (Fsp3) is 0.833.